The van der Waals surface area contributed by atoms with Gasteiger partial charge in [0.25, 0.3) is 8.32 Å². The van der Waals surface area contributed by atoms with Gasteiger partial charge in [0.1, 0.15) is 5.60 Å². The van der Waals surface area contributed by atoms with Gasteiger partial charge in [-0.25, -0.2) is 0 Å². The van der Waals surface area contributed by atoms with Crippen LogP contribution in [-0.2, 0) is 22.8 Å². The van der Waals surface area contributed by atoms with Crippen molar-refractivity contribution in [2.45, 2.75) is 161 Å². The standard InChI is InChI=1S/C49H78O6Si3/c1-16-51-45-35-28-30-40(53-45)36-37-49(11,50)44(55-57(14,15)47(5,6)7)39-41(54-56(12,13)46(2,3)4)29-22-18-17-19-27-38-52-58(48(8,9)10,42-31-23-20-24-32-42)43-33-25-21-26-34-43/h17-29,31-37,40-41,44-45,50H,16,30,38-39H2,1-15H3/b18-17-,27-19+,29-22-,37-36?/t40-,41+,44-,45?,49-/m1/s1. The molecule has 0 aliphatic carbocycles. The molecule has 6 nitrogen and oxygen atoms in total. The molecule has 0 radical (unpaired) electrons. The maximum Gasteiger partial charge on any atom is 0.261 e. The zero-order chi connectivity index (χ0) is 43.5. The normalized spacial score (nSPS) is 20.1. The Morgan fingerprint density at radius 1 is 0.741 bits per heavy atom. The predicted molar refractivity (Wildman–Crippen MR) is 254 cm³/mol. The Hall–Kier alpha value is -2.45. The Bertz CT molecular complexity index is 1630. The smallest absolute Gasteiger partial charge is 0.261 e. The van der Waals surface area contributed by atoms with Crippen molar-refractivity contribution in [1.82, 2.24) is 0 Å². The van der Waals surface area contributed by atoms with Crippen molar-refractivity contribution in [3.05, 3.63) is 121 Å². The number of benzene rings is 2. The third-order valence-electron chi connectivity index (χ3n) is 12.2. The summed E-state index contributed by atoms with van der Waals surface area (Å²) < 4.78 is 33.1. The second kappa shape index (κ2) is 20.9. The molecular weight excluding hydrogens is 769 g/mol. The molecule has 0 saturated carbocycles. The average molecular weight is 847 g/mol. The Morgan fingerprint density at radius 3 is 1.79 bits per heavy atom. The first-order chi connectivity index (χ1) is 26.9. The molecule has 2 aromatic carbocycles. The zero-order valence-electron chi connectivity index (χ0n) is 38.7. The molecule has 0 fully saturated rings. The molecule has 1 aliphatic heterocycles. The molecule has 58 heavy (non-hydrogen) atoms. The molecule has 9 heteroatoms. The molecular formula is C49H78O6Si3. The highest BCUT2D eigenvalue weighted by Gasteiger charge is 2.50. The van der Waals surface area contributed by atoms with Crippen LogP contribution in [0.25, 0.3) is 0 Å². The molecule has 0 saturated heterocycles. The fourth-order valence-electron chi connectivity index (χ4n) is 6.65. The number of hydrogen-bond acceptors (Lipinski definition) is 6. The van der Waals surface area contributed by atoms with E-state index in [-0.39, 0.29) is 33.6 Å². The molecule has 1 heterocycles. The predicted octanol–water partition coefficient (Wildman–Crippen LogP) is 11.4. The van der Waals surface area contributed by atoms with Crippen molar-refractivity contribution in [1.29, 1.82) is 0 Å². The van der Waals surface area contributed by atoms with E-state index in [1.165, 1.54) is 10.4 Å². The average Bonchev–Trinajstić information content (AvgIpc) is 3.12. The quantitative estimate of drug-likeness (QED) is 0.0863. The van der Waals surface area contributed by atoms with Crippen LogP contribution in [0.15, 0.2) is 121 Å². The molecule has 0 spiro atoms. The van der Waals surface area contributed by atoms with Gasteiger partial charge in [-0.15, -0.1) is 0 Å². The molecule has 1 aliphatic rings. The minimum absolute atomic E-state index is 0.00387. The third kappa shape index (κ3) is 13.8. The van der Waals surface area contributed by atoms with Gasteiger partial charge in [-0.2, -0.15) is 0 Å². The van der Waals surface area contributed by atoms with E-state index in [0.717, 1.165) is 6.42 Å². The van der Waals surface area contributed by atoms with E-state index in [4.69, 9.17) is 22.8 Å². The van der Waals surface area contributed by atoms with E-state index in [1.54, 1.807) is 0 Å². The van der Waals surface area contributed by atoms with E-state index >= 15 is 0 Å². The van der Waals surface area contributed by atoms with Crippen LogP contribution in [-0.4, -0.2) is 73.5 Å². The molecule has 2 aromatic rings. The van der Waals surface area contributed by atoms with Crippen LogP contribution in [0.4, 0.5) is 0 Å². The Balaban J connectivity index is 1.89. The Kier molecular flexibility index (Phi) is 18.0. The third-order valence-corrected chi connectivity index (χ3v) is 26.1. The van der Waals surface area contributed by atoms with Crippen molar-refractivity contribution in [3.63, 3.8) is 0 Å². The van der Waals surface area contributed by atoms with Gasteiger partial charge in [0.2, 0.25) is 0 Å². The first-order valence-corrected chi connectivity index (χ1v) is 29.0. The molecule has 0 aromatic heterocycles. The highest BCUT2D eigenvalue weighted by Crippen LogP contribution is 2.42. The van der Waals surface area contributed by atoms with Crippen molar-refractivity contribution in [2.24, 2.45) is 0 Å². The van der Waals surface area contributed by atoms with E-state index in [9.17, 15) is 5.11 Å². The number of ether oxygens (including phenoxy) is 2. The molecule has 1 unspecified atom stereocenters. The fourth-order valence-corrected chi connectivity index (χ4v) is 13.8. The molecule has 322 valence electrons. The monoisotopic (exact) mass is 847 g/mol. The summed E-state index contributed by atoms with van der Waals surface area (Å²) in [5, 5.41) is 14.7. The minimum atomic E-state index is -2.61. The van der Waals surface area contributed by atoms with Crippen LogP contribution in [0.5, 0.6) is 0 Å². The largest absolute Gasteiger partial charge is 0.411 e. The first-order valence-electron chi connectivity index (χ1n) is 21.3. The minimum Gasteiger partial charge on any atom is -0.411 e. The lowest BCUT2D eigenvalue weighted by atomic mass is 9.93. The van der Waals surface area contributed by atoms with Crippen LogP contribution < -0.4 is 10.4 Å². The summed E-state index contributed by atoms with van der Waals surface area (Å²) in [6, 6.07) is 21.5. The van der Waals surface area contributed by atoms with Gasteiger partial charge in [0.15, 0.2) is 22.9 Å². The number of aliphatic hydroxyl groups is 1. The SMILES string of the molecule is CCOC1C=CC[C@H](C=C[C@@](C)(O)[C@@H](C[C@H](\C=C/C=C\C=C\CO[Si](c2ccccc2)(c2ccccc2)C(C)(C)C)O[Si](C)(C)C(C)(C)C)O[Si](C)(C)C(C)(C)C)O1. The lowest BCUT2D eigenvalue weighted by Crippen LogP contribution is -2.66. The Morgan fingerprint density at radius 2 is 1.28 bits per heavy atom. The summed E-state index contributed by atoms with van der Waals surface area (Å²) in [4.78, 5) is 0. The van der Waals surface area contributed by atoms with Gasteiger partial charge >= 0.3 is 0 Å². The fraction of sp³-hybridized carbons (Fsp3) is 0.551. The second-order valence-corrected chi connectivity index (χ2v) is 33.8. The van der Waals surface area contributed by atoms with Gasteiger partial charge in [-0.05, 0) is 78.0 Å². The highest BCUT2D eigenvalue weighted by atomic mass is 28.4. The summed E-state index contributed by atoms with van der Waals surface area (Å²) >= 11 is 0. The number of allylic oxidation sites excluding steroid dienone is 4. The topological polar surface area (TPSA) is 66.4 Å². The van der Waals surface area contributed by atoms with Crippen molar-refractivity contribution in [2.75, 3.05) is 13.2 Å². The lowest BCUT2D eigenvalue weighted by Gasteiger charge is -2.45. The maximum atomic E-state index is 12.3. The van der Waals surface area contributed by atoms with Gasteiger partial charge in [0.05, 0.1) is 24.9 Å². The number of hydrogen-bond donors (Lipinski definition) is 1. The lowest BCUT2D eigenvalue weighted by molar-refractivity contribution is -0.132. The van der Waals surface area contributed by atoms with Crippen LogP contribution >= 0.6 is 0 Å². The van der Waals surface area contributed by atoms with Gasteiger partial charge < -0.3 is 27.9 Å². The van der Waals surface area contributed by atoms with E-state index in [1.807, 2.05) is 44.2 Å². The van der Waals surface area contributed by atoms with Gasteiger partial charge in [0, 0.05) is 13.0 Å². The van der Waals surface area contributed by atoms with Crippen LogP contribution in [0.2, 0.25) is 41.3 Å². The van der Waals surface area contributed by atoms with E-state index in [2.05, 4.69) is 180 Å². The first kappa shape index (κ1) is 49.9. The van der Waals surface area contributed by atoms with Crippen molar-refractivity contribution >= 4 is 35.3 Å². The highest BCUT2D eigenvalue weighted by molar-refractivity contribution is 6.99. The Labute approximate surface area is 356 Å². The summed E-state index contributed by atoms with van der Waals surface area (Å²) in [6.07, 6.45) is 20.1. The summed E-state index contributed by atoms with van der Waals surface area (Å²) in [7, 11) is -7.14. The molecule has 3 rings (SSSR count). The maximum absolute atomic E-state index is 12.3. The van der Waals surface area contributed by atoms with Crippen molar-refractivity contribution < 1.29 is 27.9 Å². The van der Waals surface area contributed by atoms with E-state index < -0.39 is 36.7 Å². The van der Waals surface area contributed by atoms with Crippen molar-refractivity contribution in [3.8, 4) is 0 Å². The van der Waals surface area contributed by atoms with Crippen LogP contribution in [0.3, 0.4) is 0 Å². The molecule has 0 bridgehead atoms. The van der Waals surface area contributed by atoms with Gasteiger partial charge in [-0.3, -0.25) is 0 Å². The van der Waals surface area contributed by atoms with Crippen LogP contribution in [0.1, 0.15) is 89.0 Å². The summed E-state index contributed by atoms with van der Waals surface area (Å²) in [5.74, 6) is 0. The summed E-state index contributed by atoms with van der Waals surface area (Å²) in [6.45, 7) is 34.3. The number of rotatable bonds is 19. The second-order valence-electron chi connectivity index (χ2n) is 19.9. The molecule has 0 amide bonds. The summed E-state index contributed by atoms with van der Waals surface area (Å²) in [5.41, 5.74) is -1.28. The van der Waals surface area contributed by atoms with Gasteiger partial charge in [-0.1, -0.05) is 178 Å². The molecule has 5 atom stereocenters. The zero-order valence-corrected chi connectivity index (χ0v) is 41.7. The molecule has 1 N–H and O–H groups in total. The van der Waals surface area contributed by atoms with E-state index in [0.29, 0.717) is 19.6 Å². The van der Waals surface area contributed by atoms with Crippen LogP contribution in [0, 0.1) is 0 Å².